The van der Waals surface area contributed by atoms with E-state index < -0.39 is 22.6 Å². The second kappa shape index (κ2) is 9.56. The molecule has 3 saturated heterocycles. The Labute approximate surface area is 185 Å². The molecule has 3 rings (SSSR count). The van der Waals surface area contributed by atoms with Crippen molar-refractivity contribution in [3.63, 3.8) is 0 Å². The monoisotopic (exact) mass is 489 g/mol. The van der Waals surface area contributed by atoms with Gasteiger partial charge in [-0.3, -0.25) is 14.4 Å². The Kier molecular flexibility index (Phi) is 7.54. The maximum Gasteiger partial charge on any atom is 0.244 e. The number of likely N-dealkylation sites (tertiary alicyclic amines) is 1. The number of unbranched alkanes of at least 4 members (excludes halogenated alkanes) is 2. The lowest BCUT2D eigenvalue weighted by Gasteiger charge is -2.35. The van der Waals surface area contributed by atoms with Crippen molar-refractivity contribution in [1.29, 1.82) is 0 Å². The molecule has 3 N–H and O–H groups in total. The molecule has 29 heavy (non-hydrogen) atoms. The molecule has 1 spiro atoms. The van der Waals surface area contributed by atoms with Crippen molar-refractivity contribution in [2.24, 2.45) is 11.8 Å². The minimum Gasteiger partial charge on any atom is -0.395 e. The van der Waals surface area contributed by atoms with Crippen LogP contribution in [0.25, 0.3) is 0 Å². The van der Waals surface area contributed by atoms with Gasteiger partial charge < -0.3 is 20.6 Å². The number of carbonyl (C=O) groups is 3. The van der Waals surface area contributed by atoms with Gasteiger partial charge in [0.1, 0.15) is 6.04 Å². The van der Waals surface area contributed by atoms with E-state index in [-0.39, 0.29) is 41.0 Å². The largest absolute Gasteiger partial charge is 0.395 e. The molecule has 6 atom stereocenters. The predicted octanol–water partition coefficient (Wildman–Crippen LogP) is 1.28. The number of hydrogen-bond acceptors (Lipinski definition) is 5. The summed E-state index contributed by atoms with van der Waals surface area (Å²) in [5.74, 6) is -1.38. The maximum atomic E-state index is 13.4. The van der Waals surface area contributed by atoms with Gasteiger partial charge in [0, 0.05) is 29.7 Å². The lowest BCUT2D eigenvalue weighted by molar-refractivity contribution is -0.140. The first-order chi connectivity index (χ1) is 13.9. The molecule has 0 aromatic rings. The number of aliphatic hydroxyl groups excluding tert-OH is 1. The van der Waals surface area contributed by atoms with Gasteiger partial charge in [-0.25, -0.2) is 0 Å². The SMILES string of the molecule is CCCCCNC(=O)C1N(CCO)C(=O)[C@@H]2[C@H](C(=O)NCCC)[C@H]3SC12CC3Br. The third-order valence-electron chi connectivity index (χ3n) is 6.31. The highest BCUT2D eigenvalue weighted by atomic mass is 79.9. The molecular formula is C20H32BrN3O4S. The minimum absolute atomic E-state index is 0.0209. The summed E-state index contributed by atoms with van der Waals surface area (Å²) in [6, 6.07) is -0.646. The lowest BCUT2D eigenvalue weighted by Crippen LogP contribution is -2.55. The average Bonchev–Trinajstić information content (AvgIpc) is 3.27. The molecule has 0 radical (unpaired) electrons. The molecule has 3 unspecified atom stereocenters. The standard InChI is InChI=1S/C20H32BrN3O4S/c1-3-5-6-8-23-18(27)16-20-11-12(21)15(29-20)13(17(26)22-7-4-2)14(20)19(28)24(16)9-10-25/h12-16,25H,3-11H2,1-2H3,(H,22,26)(H,23,27)/t12?,13-,14-,15-,16?,20?/m0/s1. The van der Waals surface area contributed by atoms with Crippen LogP contribution in [0, 0.1) is 11.8 Å². The van der Waals surface area contributed by atoms with Crippen LogP contribution in [0.2, 0.25) is 0 Å². The number of fused-ring (bicyclic) bond motifs is 1. The summed E-state index contributed by atoms with van der Waals surface area (Å²) in [4.78, 5) is 41.1. The van der Waals surface area contributed by atoms with Crippen molar-refractivity contribution in [3.8, 4) is 0 Å². The Morgan fingerprint density at radius 3 is 2.59 bits per heavy atom. The van der Waals surface area contributed by atoms with E-state index >= 15 is 0 Å². The molecule has 0 aliphatic carbocycles. The quantitative estimate of drug-likeness (QED) is 0.317. The first-order valence-electron chi connectivity index (χ1n) is 10.7. The van der Waals surface area contributed by atoms with E-state index in [1.54, 1.807) is 11.8 Å². The van der Waals surface area contributed by atoms with Gasteiger partial charge in [-0.05, 0) is 19.3 Å². The normalized spacial score (nSPS) is 35.1. The summed E-state index contributed by atoms with van der Waals surface area (Å²) in [6.45, 7) is 5.18. The second-order valence-corrected chi connectivity index (χ2v) is 10.9. The maximum absolute atomic E-state index is 13.4. The summed E-state index contributed by atoms with van der Waals surface area (Å²) in [6.07, 6.45) is 4.51. The highest BCUT2D eigenvalue weighted by Crippen LogP contribution is 2.67. The molecule has 3 heterocycles. The summed E-state index contributed by atoms with van der Waals surface area (Å²) in [7, 11) is 0. The fourth-order valence-corrected chi connectivity index (χ4v) is 8.74. The van der Waals surface area contributed by atoms with Crippen LogP contribution in [0.4, 0.5) is 0 Å². The highest BCUT2D eigenvalue weighted by Gasteiger charge is 2.75. The number of nitrogens with one attached hydrogen (secondary N) is 2. The fourth-order valence-electron chi connectivity index (χ4n) is 5.13. The third-order valence-corrected chi connectivity index (χ3v) is 9.53. The Balaban J connectivity index is 1.88. The average molecular weight is 490 g/mol. The lowest BCUT2D eigenvalue weighted by atomic mass is 9.70. The van der Waals surface area contributed by atoms with Gasteiger partial charge in [-0.2, -0.15) is 0 Å². The van der Waals surface area contributed by atoms with Crippen LogP contribution in [-0.4, -0.2) is 74.8 Å². The number of hydrogen-bond donors (Lipinski definition) is 3. The summed E-state index contributed by atoms with van der Waals surface area (Å²) < 4.78 is -0.617. The first kappa shape index (κ1) is 22.9. The topological polar surface area (TPSA) is 98.7 Å². The van der Waals surface area contributed by atoms with Crippen LogP contribution in [0.3, 0.4) is 0 Å². The Morgan fingerprint density at radius 1 is 1.21 bits per heavy atom. The Hall–Kier alpha value is -0.800. The van der Waals surface area contributed by atoms with E-state index in [2.05, 4.69) is 33.5 Å². The van der Waals surface area contributed by atoms with Crippen molar-refractivity contribution in [1.82, 2.24) is 15.5 Å². The van der Waals surface area contributed by atoms with E-state index in [9.17, 15) is 19.5 Å². The van der Waals surface area contributed by atoms with Crippen LogP contribution in [0.1, 0.15) is 46.0 Å². The van der Waals surface area contributed by atoms with Crippen LogP contribution >= 0.6 is 27.7 Å². The van der Waals surface area contributed by atoms with Crippen molar-refractivity contribution >= 4 is 45.4 Å². The number of rotatable bonds is 10. The molecule has 3 amide bonds. The summed E-state index contributed by atoms with van der Waals surface area (Å²) in [5, 5.41) is 15.5. The number of amides is 3. The first-order valence-corrected chi connectivity index (χ1v) is 12.5. The zero-order valence-electron chi connectivity index (χ0n) is 17.2. The number of halogens is 1. The molecule has 164 valence electrons. The summed E-state index contributed by atoms with van der Waals surface area (Å²) >= 11 is 5.35. The van der Waals surface area contributed by atoms with Gasteiger partial charge in [0.25, 0.3) is 0 Å². The molecule has 3 aliphatic rings. The van der Waals surface area contributed by atoms with Crippen LogP contribution in [0.15, 0.2) is 0 Å². The van der Waals surface area contributed by atoms with Crippen LogP contribution in [0.5, 0.6) is 0 Å². The second-order valence-electron chi connectivity index (χ2n) is 8.21. The smallest absolute Gasteiger partial charge is 0.244 e. The molecular weight excluding hydrogens is 458 g/mol. The van der Waals surface area contributed by atoms with Gasteiger partial charge in [-0.1, -0.05) is 42.6 Å². The number of alkyl halides is 1. The van der Waals surface area contributed by atoms with Gasteiger partial charge in [0.05, 0.1) is 23.2 Å². The molecule has 3 fully saturated rings. The number of nitrogens with zero attached hydrogens (tertiary/aromatic N) is 1. The molecule has 0 aromatic carbocycles. The molecule has 7 nitrogen and oxygen atoms in total. The number of β-amino-alcohol motifs (C(OH)–C–C–N with tert-alkyl or cyclic N) is 1. The number of thioether (sulfide) groups is 1. The molecule has 0 saturated carbocycles. The summed E-state index contributed by atoms with van der Waals surface area (Å²) in [5.41, 5.74) is 0. The van der Waals surface area contributed by atoms with Crippen LogP contribution in [-0.2, 0) is 14.4 Å². The molecule has 0 aromatic heterocycles. The molecule has 9 heteroatoms. The van der Waals surface area contributed by atoms with E-state index in [0.717, 1.165) is 25.7 Å². The van der Waals surface area contributed by atoms with E-state index in [4.69, 9.17) is 0 Å². The molecule has 2 bridgehead atoms. The number of aliphatic hydroxyl groups is 1. The minimum atomic E-state index is -0.646. The Bertz CT molecular complexity index is 651. The zero-order valence-corrected chi connectivity index (χ0v) is 19.6. The van der Waals surface area contributed by atoms with Gasteiger partial charge >= 0.3 is 0 Å². The van der Waals surface area contributed by atoms with Gasteiger partial charge in [0.15, 0.2) is 0 Å². The van der Waals surface area contributed by atoms with Gasteiger partial charge in [0.2, 0.25) is 17.7 Å². The highest BCUT2D eigenvalue weighted by molar-refractivity contribution is 9.09. The van der Waals surface area contributed by atoms with Gasteiger partial charge in [-0.15, -0.1) is 11.8 Å². The third kappa shape index (κ3) is 3.94. The van der Waals surface area contributed by atoms with Crippen LogP contribution < -0.4 is 10.6 Å². The van der Waals surface area contributed by atoms with Crippen molar-refractivity contribution in [2.75, 3.05) is 26.2 Å². The zero-order chi connectivity index (χ0) is 21.2. The van der Waals surface area contributed by atoms with Crippen molar-refractivity contribution in [3.05, 3.63) is 0 Å². The van der Waals surface area contributed by atoms with E-state index in [0.29, 0.717) is 19.5 Å². The number of carbonyl (C=O) groups excluding carboxylic acids is 3. The van der Waals surface area contributed by atoms with E-state index in [1.807, 2.05) is 6.92 Å². The van der Waals surface area contributed by atoms with Crippen molar-refractivity contribution in [2.45, 2.75) is 66.8 Å². The predicted molar refractivity (Wildman–Crippen MR) is 117 cm³/mol. The van der Waals surface area contributed by atoms with E-state index in [1.165, 1.54) is 4.90 Å². The van der Waals surface area contributed by atoms with Crippen molar-refractivity contribution < 1.29 is 19.5 Å². The molecule has 3 aliphatic heterocycles. The Morgan fingerprint density at radius 2 is 1.93 bits per heavy atom. The fraction of sp³-hybridized carbons (Fsp3) is 0.850.